The zero-order valence-electron chi connectivity index (χ0n) is 15.7. The monoisotopic (exact) mass is 352 g/mol. The second-order valence-electron chi connectivity index (χ2n) is 6.94. The van der Waals surface area contributed by atoms with Crippen LogP contribution >= 0.6 is 0 Å². The molecule has 1 amide bonds. The van der Waals surface area contributed by atoms with Gasteiger partial charge in [-0.2, -0.15) is 0 Å². The highest BCUT2D eigenvalue weighted by Crippen LogP contribution is 2.21. The summed E-state index contributed by atoms with van der Waals surface area (Å²) in [5, 5.41) is 6.10. The van der Waals surface area contributed by atoms with Crippen LogP contribution < -0.4 is 20.4 Å². The van der Waals surface area contributed by atoms with Gasteiger partial charge >= 0.3 is 0 Å². The van der Waals surface area contributed by atoms with Crippen molar-refractivity contribution < 1.29 is 4.79 Å². The van der Waals surface area contributed by atoms with Crippen molar-refractivity contribution in [2.24, 2.45) is 0 Å². The molecule has 0 atom stereocenters. The average Bonchev–Trinajstić information content (AvgIpc) is 2.68. The molecule has 1 heterocycles. The van der Waals surface area contributed by atoms with E-state index in [2.05, 4.69) is 27.7 Å². The van der Waals surface area contributed by atoms with Gasteiger partial charge in [-0.1, -0.05) is 0 Å². The second kappa shape index (κ2) is 8.61. The quantitative estimate of drug-likeness (QED) is 0.830. The first-order chi connectivity index (χ1) is 12.6. The number of anilines is 4. The standard InChI is InChI=1S/C21H28N4O/c1-24(2)19-10-8-18(9-11-19)23-21(26)16-22-17-6-12-20(13-7-17)25-14-4-3-5-15-25/h6-13,22H,3-5,14-16H2,1-2H3,(H,23,26). The summed E-state index contributed by atoms with van der Waals surface area (Å²) < 4.78 is 0. The highest BCUT2D eigenvalue weighted by molar-refractivity contribution is 5.93. The number of nitrogens with one attached hydrogen (secondary N) is 2. The summed E-state index contributed by atoms with van der Waals surface area (Å²) in [6, 6.07) is 16.2. The summed E-state index contributed by atoms with van der Waals surface area (Å²) >= 11 is 0. The van der Waals surface area contributed by atoms with Crippen molar-refractivity contribution in [3.8, 4) is 0 Å². The Morgan fingerprint density at radius 2 is 1.54 bits per heavy atom. The van der Waals surface area contributed by atoms with Crippen molar-refractivity contribution in [2.45, 2.75) is 19.3 Å². The number of carbonyl (C=O) groups is 1. The van der Waals surface area contributed by atoms with Crippen LogP contribution in [0.2, 0.25) is 0 Å². The fraction of sp³-hybridized carbons (Fsp3) is 0.381. The molecule has 1 fully saturated rings. The minimum atomic E-state index is -0.0530. The smallest absolute Gasteiger partial charge is 0.243 e. The topological polar surface area (TPSA) is 47.6 Å². The minimum Gasteiger partial charge on any atom is -0.378 e. The largest absolute Gasteiger partial charge is 0.378 e. The molecule has 2 aromatic rings. The second-order valence-corrected chi connectivity index (χ2v) is 6.94. The highest BCUT2D eigenvalue weighted by atomic mass is 16.1. The molecular weight excluding hydrogens is 324 g/mol. The van der Waals surface area contributed by atoms with Crippen molar-refractivity contribution in [1.29, 1.82) is 0 Å². The first kappa shape index (κ1) is 18.1. The molecule has 1 saturated heterocycles. The zero-order valence-corrected chi connectivity index (χ0v) is 15.7. The van der Waals surface area contributed by atoms with Gasteiger partial charge in [0.2, 0.25) is 5.91 Å². The lowest BCUT2D eigenvalue weighted by atomic mass is 10.1. The van der Waals surface area contributed by atoms with Crippen LogP contribution in [0.25, 0.3) is 0 Å². The summed E-state index contributed by atoms with van der Waals surface area (Å²) in [6.45, 7) is 2.53. The summed E-state index contributed by atoms with van der Waals surface area (Å²) in [7, 11) is 3.99. The molecule has 0 saturated carbocycles. The van der Waals surface area contributed by atoms with Gasteiger partial charge in [-0.25, -0.2) is 0 Å². The number of rotatable bonds is 6. The number of hydrogen-bond acceptors (Lipinski definition) is 4. The highest BCUT2D eigenvalue weighted by Gasteiger charge is 2.10. The number of carbonyl (C=O) groups excluding carboxylic acids is 1. The maximum atomic E-state index is 12.1. The maximum Gasteiger partial charge on any atom is 0.243 e. The predicted molar refractivity (Wildman–Crippen MR) is 110 cm³/mol. The summed E-state index contributed by atoms with van der Waals surface area (Å²) in [4.78, 5) is 16.6. The molecule has 0 radical (unpaired) electrons. The molecular formula is C21H28N4O. The van der Waals surface area contributed by atoms with E-state index in [0.717, 1.165) is 30.2 Å². The Bertz CT molecular complexity index is 704. The van der Waals surface area contributed by atoms with E-state index in [9.17, 15) is 4.79 Å². The lowest BCUT2D eigenvalue weighted by Gasteiger charge is -2.28. The van der Waals surface area contributed by atoms with Gasteiger partial charge in [-0.15, -0.1) is 0 Å². The molecule has 26 heavy (non-hydrogen) atoms. The number of piperidine rings is 1. The van der Waals surface area contributed by atoms with E-state index < -0.39 is 0 Å². The Morgan fingerprint density at radius 3 is 2.15 bits per heavy atom. The van der Waals surface area contributed by atoms with Crippen LogP contribution in [-0.4, -0.2) is 39.6 Å². The van der Waals surface area contributed by atoms with Gasteiger partial charge in [0.15, 0.2) is 0 Å². The van der Waals surface area contributed by atoms with E-state index in [1.54, 1.807) is 0 Å². The number of nitrogens with zero attached hydrogens (tertiary/aromatic N) is 2. The van der Waals surface area contributed by atoms with E-state index in [-0.39, 0.29) is 12.5 Å². The fourth-order valence-corrected chi connectivity index (χ4v) is 3.17. The molecule has 0 aromatic heterocycles. The van der Waals surface area contributed by atoms with Crippen LogP contribution in [0.3, 0.4) is 0 Å². The third-order valence-corrected chi connectivity index (χ3v) is 4.71. The van der Waals surface area contributed by atoms with E-state index in [4.69, 9.17) is 0 Å². The van der Waals surface area contributed by atoms with Crippen LogP contribution in [0, 0.1) is 0 Å². The van der Waals surface area contributed by atoms with Gasteiger partial charge in [0, 0.05) is 49.9 Å². The third-order valence-electron chi connectivity index (χ3n) is 4.71. The maximum absolute atomic E-state index is 12.1. The first-order valence-corrected chi connectivity index (χ1v) is 9.28. The van der Waals surface area contributed by atoms with E-state index in [1.807, 2.05) is 55.4 Å². The van der Waals surface area contributed by atoms with Gasteiger partial charge in [0.1, 0.15) is 0 Å². The fourth-order valence-electron chi connectivity index (χ4n) is 3.17. The molecule has 2 aromatic carbocycles. The van der Waals surface area contributed by atoms with Crippen molar-refractivity contribution in [3.63, 3.8) is 0 Å². The van der Waals surface area contributed by atoms with E-state index in [1.165, 1.54) is 24.9 Å². The van der Waals surface area contributed by atoms with Gasteiger partial charge in [0.25, 0.3) is 0 Å². The SMILES string of the molecule is CN(C)c1ccc(NC(=O)CNc2ccc(N3CCCCC3)cc2)cc1. The molecule has 138 valence electrons. The van der Waals surface area contributed by atoms with Crippen LogP contribution in [0.15, 0.2) is 48.5 Å². The van der Waals surface area contributed by atoms with E-state index in [0.29, 0.717) is 0 Å². The van der Waals surface area contributed by atoms with Crippen molar-refractivity contribution >= 4 is 28.7 Å². The van der Waals surface area contributed by atoms with Crippen LogP contribution in [0.5, 0.6) is 0 Å². The summed E-state index contributed by atoms with van der Waals surface area (Å²) in [6.07, 6.45) is 3.88. The van der Waals surface area contributed by atoms with Crippen molar-refractivity contribution in [3.05, 3.63) is 48.5 Å². The molecule has 1 aliphatic heterocycles. The number of benzene rings is 2. The van der Waals surface area contributed by atoms with Crippen LogP contribution in [0.4, 0.5) is 22.7 Å². The molecule has 0 bridgehead atoms. The minimum absolute atomic E-state index is 0.0530. The normalized spacial score (nSPS) is 14.0. The average molecular weight is 352 g/mol. The molecule has 0 spiro atoms. The predicted octanol–water partition coefficient (Wildman–Crippen LogP) is 3.79. The first-order valence-electron chi connectivity index (χ1n) is 9.28. The number of amides is 1. The molecule has 3 rings (SSSR count). The molecule has 0 unspecified atom stereocenters. The van der Waals surface area contributed by atoms with Gasteiger partial charge < -0.3 is 20.4 Å². The lowest BCUT2D eigenvalue weighted by molar-refractivity contribution is -0.114. The number of hydrogen-bond donors (Lipinski definition) is 2. The summed E-state index contributed by atoms with van der Waals surface area (Å²) in [5.41, 5.74) is 4.14. The van der Waals surface area contributed by atoms with Gasteiger partial charge in [-0.3, -0.25) is 4.79 Å². The van der Waals surface area contributed by atoms with Gasteiger partial charge in [0.05, 0.1) is 6.54 Å². The van der Waals surface area contributed by atoms with Crippen molar-refractivity contribution in [1.82, 2.24) is 0 Å². The Hall–Kier alpha value is -2.69. The molecule has 1 aliphatic rings. The molecule has 0 aliphatic carbocycles. The van der Waals surface area contributed by atoms with Crippen molar-refractivity contribution in [2.75, 3.05) is 54.2 Å². The molecule has 2 N–H and O–H groups in total. The van der Waals surface area contributed by atoms with Crippen LogP contribution in [0.1, 0.15) is 19.3 Å². The van der Waals surface area contributed by atoms with E-state index >= 15 is 0 Å². The zero-order chi connectivity index (χ0) is 18.4. The Morgan fingerprint density at radius 1 is 0.923 bits per heavy atom. The molecule has 5 nitrogen and oxygen atoms in total. The van der Waals surface area contributed by atoms with Gasteiger partial charge in [-0.05, 0) is 67.8 Å². The lowest BCUT2D eigenvalue weighted by Crippen LogP contribution is -2.29. The summed E-state index contributed by atoms with van der Waals surface area (Å²) in [5.74, 6) is -0.0530. The van der Waals surface area contributed by atoms with Crippen LogP contribution in [-0.2, 0) is 4.79 Å². The Kier molecular flexibility index (Phi) is 6.00. The Labute approximate surface area is 156 Å². The third kappa shape index (κ3) is 4.91. The molecule has 5 heteroatoms. The Balaban J connectivity index is 1.48.